The van der Waals surface area contributed by atoms with E-state index in [0.717, 1.165) is 12.8 Å². The molecule has 2 aliphatic rings. The average molecular weight is 862 g/mol. The number of methoxy groups -OCH3 is 2. The van der Waals surface area contributed by atoms with Gasteiger partial charge in [0.1, 0.15) is 6.04 Å². The normalized spacial score (nSPS) is 19.8. The standard InChI is InChI=1S/C43H71N7O11/c1-12-27(6)38(47(9)37(26(4)5)42(55)46-41(54)36(44-8)25(2)3)34(59-10)24-35(52)48-19-15-16-31(48)39(60-11)28(7)40(53)45-30(43(56)49-20-13-14-21-61-49)22-29-17-18-33(51)32(23-29)50(57)58/h17-18,23,25-28,30-31,34,36-39,44,51H,12-16,19-22,24H2,1-11H3,(H,45,53)(H,46,54,55)/t27-,28+,30-,31-,34+,36-,37-,38-,39+/m0/s1. The molecule has 2 heterocycles. The van der Waals surface area contributed by atoms with Gasteiger partial charge in [0, 0.05) is 45.8 Å². The molecule has 18 nitrogen and oxygen atoms in total. The van der Waals surface area contributed by atoms with Crippen LogP contribution in [-0.4, -0.2) is 145 Å². The number of nitrogens with one attached hydrogen (secondary N) is 3. The summed E-state index contributed by atoms with van der Waals surface area (Å²) in [5, 5.41) is 31.2. The van der Waals surface area contributed by atoms with Crippen molar-refractivity contribution in [2.45, 2.75) is 136 Å². The molecule has 0 spiro atoms. The summed E-state index contributed by atoms with van der Waals surface area (Å²) in [4.78, 5) is 89.3. The van der Waals surface area contributed by atoms with Crippen LogP contribution < -0.4 is 16.0 Å². The quantitative estimate of drug-likeness (QED) is 0.0973. The number of phenols is 1. The Morgan fingerprint density at radius 2 is 1.67 bits per heavy atom. The second kappa shape index (κ2) is 23.8. The van der Waals surface area contributed by atoms with Crippen molar-refractivity contribution in [3.8, 4) is 5.75 Å². The number of hydrogen-bond acceptors (Lipinski definition) is 13. The lowest BCUT2D eigenvalue weighted by Gasteiger charge is -2.43. The van der Waals surface area contributed by atoms with Gasteiger partial charge in [-0.25, -0.2) is 5.06 Å². The summed E-state index contributed by atoms with van der Waals surface area (Å²) in [5.74, 6) is -3.69. The first-order valence-corrected chi connectivity index (χ1v) is 21.6. The molecule has 2 aliphatic heterocycles. The van der Waals surface area contributed by atoms with Gasteiger partial charge in [-0.05, 0) is 69.2 Å². The number of likely N-dealkylation sites (N-methyl/N-ethyl adjacent to an activating group) is 2. The summed E-state index contributed by atoms with van der Waals surface area (Å²) >= 11 is 0. The molecule has 1 aromatic carbocycles. The SMILES string of the molecule is CC[C@H](C)[C@@H]([C@@H](CC(=O)N1CCC[C@H]1[C@H](OC)[C@@H](C)C(=O)N[C@@H](Cc1ccc(O)c([N+](=O)[O-])c1)C(=O)N1CCCCO1)OC)N(C)[C@H](C(=O)NC(=O)[C@@H](NC)C(C)C)C(C)C. The fraction of sp³-hybridized carbons (Fsp3) is 0.744. The van der Waals surface area contributed by atoms with Crippen molar-refractivity contribution in [3.63, 3.8) is 0 Å². The molecule has 61 heavy (non-hydrogen) atoms. The summed E-state index contributed by atoms with van der Waals surface area (Å²) in [7, 11) is 6.53. The van der Waals surface area contributed by atoms with E-state index in [2.05, 4.69) is 16.0 Å². The number of nitrogens with zero attached hydrogens (tertiary/aromatic N) is 4. The Bertz CT molecular complexity index is 1660. The van der Waals surface area contributed by atoms with Crippen molar-refractivity contribution in [2.24, 2.45) is 23.7 Å². The second-order valence-electron chi connectivity index (χ2n) is 17.2. The molecule has 0 unspecified atom stereocenters. The van der Waals surface area contributed by atoms with E-state index in [4.69, 9.17) is 14.3 Å². The molecule has 2 fully saturated rings. The van der Waals surface area contributed by atoms with Crippen LogP contribution in [0.25, 0.3) is 0 Å². The highest BCUT2D eigenvalue weighted by Crippen LogP contribution is 2.31. The number of aromatic hydroxyl groups is 1. The minimum absolute atomic E-state index is 0.0169. The molecule has 344 valence electrons. The van der Waals surface area contributed by atoms with Crippen LogP contribution in [-0.2, 0) is 44.7 Å². The Morgan fingerprint density at radius 3 is 2.21 bits per heavy atom. The van der Waals surface area contributed by atoms with E-state index in [1.807, 2.05) is 53.5 Å². The number of carbonyl (C=O) groups is 5. The Kier molecular flexibility index (Phi) is 20.0. The number of carbonyl (C=O) groups excluding carboxylic acids is 5. The first-order chi connectivity index (χ1) is 28.8. The molecule has 5 amide bonds. The number of imide groups is 1. The molecular weight excluding hydrogens is 791 g/mol. The van der Waals surface area contributed by atoms with E-state index >= 15 is 0 Å². The number of hydrogen-bond donors (Lipinski definition) is 4. The number of hydroxylamine groups is 2. The lowest BCUT2D eigenvalue weighted by molar-refractivity contribution is -0.385. The minimum atomic E-state index is -1.16. The lowest BCUT2D eigenvalue weighted by atomic mass is 9.87. The highest BCUT2D eigenvalue weighted by Gasteiger charge is 2.44. The number of likely N-dealkylation sites (tertiary alicyclic amines) is 1. The maximum absolute atomic E-state index is 14.4. The molecule has 0 aliphatic carbocycles. The summed E-state index contributed by atoms with van der Waals surface area (Å²) in [6, 6.07) is 0.497. The van der Waals surface area contributed by atoms with E-state index in [0.29, 0.717) is 44.5 Å². The van der Waals surface area contributed by atoms with Gasteiger partial charge in [-0.2, -0.15) is 0 Å². The van der Waals surface area contributed by atoms with Gasteiger partial charge in [-0.1, -0.05) is 61.0 Å². The lowest BCUT2D eigenvalue weighted by Crippen LogP contribution is -2.60. The highest BCUT2D eigenvalue weighted by molar-refractivity contribution is 6.00. The van der Waals surface area contributed by atoms with Crippen LogP contribution in [0, 0.1) is 33.8 Å². The fourth-order valence-corrected chi connectivity index (χ4v) is 8.90. The average Bonchev–Trinajstić information content (AvgIpc) is 3.70. The molecule has 2 saturated heterocycles. The summed E-state index contributed by atoms with van der Waals surface area (Å²) in [5.41, 5.74) is -0.178. The number of rotatable bonds is 22. The van der Waals surface area contributed by atoms with Crippen molar-refractivity contribution >= 4 is 35.2 Å². The van der Waals surface area contributed by atoms with Gasteiger partial charge in [-0.3, -0.25) is 49.1 Å². The van der Waals surface area contributed by atoms with Gasteiger partial charge < -0.3 is 30.1 Å². The molecule has 0 bridgehead atoms. The van der Waals surface area contributed by atoms with E-state index < -0.39 is 88.3 Å². The van der Waals surface area contributed by atoms with Crippen LogP contribution >= 0.6 is 0 Å². The third kappa shape index (κ3) is 13.1. The molecule has 4 N–H and O–H groups in total. The van der Waals surface area contributed by atoms with Gasteiger partial charge in [0.2, 0.25) is 23.6 Å². The van der Waals surface area contributed by atoms with E-state index in [9.17, 15) is 39.2 Å². The molecule has 0 aromatic heterocycles. The number of benzene rings is 1. The van der Waals surface area contributed by atoms with Crippen LogP contribution in [0.15, 0.2) is 18.2 Å². The van der Waals surface area contributed by atoms with Crippen LogP contribution in [0.2, 0.25) is 0 Å². The second-order valence-corrected chi connectivity index (χ2v) is 17.2. The van der Waals surface area contributed by atoms with E-state index in [1.54, 1.807) is 26.0 Å². The largest absolute Gasteiger partial charge is 0.502 e. The zero-order valence-electron chi connectivity index (χ0n) is 38.0. The Labute approximate surface area is 360 Å². The summed E-state index contributed by atoms with van der Waals surface area (Å²) < 4.78 is 12.0. The predicted octanol–water partition coefficient (Wildman–Crippen LogP) is 3.19. The van der Waals surface area contributed by atoms with Crippen molar-refractivity contribution in [1.82, 2.24) is 30.8 Å². The minimum Gasteiger partial charge on any atom is -0.502 e. The molecule has 0 saturated carbocycles. The number of ether oxygens (including phenoxy) is 2. The third-order valence-electron chi connectivity index (χ3n) is 12.3. The van der Waals surface area contributed by atoms with Crippen LogP contribution in [0.3, 0.4) is 0 Å². The third-order valence-corrected chi connectivity index (χ3v) is 12.3. The number of nitro groups is 1. The molecule has 18 heteroatoms. The van der Waals surface area contributed by atoms with Crippen LogP contribution in [0.4, 0.5) is 5.69 Å². The topological polar surface area (TPSA) is 222 Å². The highest BCUT2D eigenvalue weighted by atomic mass is 16.7. The monoisotopic (exact) mass is 862 g/mol. The van der Waals surface area contributed by atoms with Gasteiger partial charge in [0.05, 0.1) is 54.2 Å². The fourth-order valence-electron chi connectivity index (χ4n) is 8.90. The predicted molar refractivity (Wildman–Crippen MR) is 228 cm³/mol. The zero-order valence-corrected chi connectivity index (χ0v) is 38.0. The van der Waals surface area contributed by atoms with Gasteiger partial charge in [0.15, 0.2) is 5.75 Å². The molecule has 9 atom stereocenters. The molecule has 0 radical (unpaired) electrons. The van der Waals surface area contributed by atoms with Crippen molar-refractivity contribution in [1.29, 1.82) is 0 Å². The number of nitro benzene ring substituents is 1. The van der Waals surface area contributed by atoms with Crippen LogP contribution in [0.5, 0.6) is 5.75 Å². The maximum Gasteiger partial charge on any atom is 0.310 e. The first-order valence-electron chi connectivity index (χ1n) is 21.6. The first kappa shape index (κ1) is 51.1. The van der Waals surface area contributed by atoms with Gasteiger partial charge in [0.25, 0.3) is 5.91 Å². The van der Waals surface area contributed by atoms with E-state index in [-0.39, 0.29) is 36.5 Å². The van der Waals surface area contributed by atoms with E-state index in [1.165, 1.54) is 30.4 Å². The summed E-state index contributed by atoms with van der Waals surface area (Å²) in [6.45, 7) is 14.4. The molecule has 1 aromatic rings. The van der Waals surface area contributed by atoms with Gasteiger partial charge in [-0.15, -0.1) is 0 Å². The van der Waals surface area contributed by atoms with Crippen molar-refractivity contribution in [2.75, 3.05) is 48.0 Å². The maximum atomic E-state index is 14.4. The van der Waals surface area contributed by atoms with Crippen LogP contribution in [0.1, 0.15) is 92.6 Å². The molecule has 3 rings (SSSR count). The zero-order chi connectivity index (χ0) is 45.7. The van der Waals surface area contributed by atoms with Crippen molar-refractivity contribution < 1.29 is 48.3 Å². The van der Waals surface area contributed by atoms with Gasteiger partial charge >= 0.3 is 5.69 Å². The number of amides is 5. The number of phenolic OH excluding ortho intramolecular Hbond substituents is 1. The smallest absolute Gasteiger partial charge is 0.310 e. The summed E-state index contributed by atoms with van der Waals surface area (Å²) in [6.07, 6.45) is 1.88. The Morgan fingerprint density at radius 1 is 0.984 bits per heavy atom. The Hall–Kier alpha value is -4.23. The Balaban J connectivity index is 1.84. The molecular formula is C43H71N7O11. The van der Waals surface area contributed by atoms with Crippen molar-refractivity contribution in [3.05, 3.63) is 33.9 Å².